The Kier molecular flexibility index (Phi) is 5.67. The van der Waals surface area contributed by atoms with Gasteiger partial charge in [-0.3, -0.25) is 4.90 Å². The first kappa shape index (κ1) is 14.8. The second-order valence-corrected chi connectivity index (χ2v) is 5.96. The Labute approximate surface area is 123 Å². The molecule has 4 heteroatoms. The first-order valence-electron chi connectivity index (χ1n) is 6.92. The molecule has 0 amide bonds. The summed E-state index contributed by atoms with van der Waals surface area (Å²) in [7, 11) is 1.68. The minimum absolute atomic E-state index is 0.230. The van der Waals surface area contributed by atoms with Crippen molar-refractivity contribution in [3.8, 4) is 5.75 Å². The molecule has 0 heterocycles. The van der Waals surface area contributed by atoms with E-state index in [0.717, 1.165) is 23.3 Å². The van der Waals surface area contributed by atoms with E-state index in [4.69, 9.17) is 4.74 Å². The average Bonchev–Trinajstić information content (AvgIpc) is 2.92. The van der Waals surface area contributed by atoms with Gasteiger partial charge >= 0.3 is 0 Å². The van der Waals surface area contributed by atoms with Crippen molar-refractivity contribution in [1.29, 1.82) is 0 Å². The molecule has 1 N–H and O–H groups in total. The van der Waals surface area contributed by atoms with Crippen LogP contribution in [0.4, 0.5) is 0 Å². The number of aliphatic hydroxyl groups is 1. The van der Waals surface area contributed by atoms with Crippen molar-refractivity contribution in [3.63, 3.8) is 0 Å². The number of methoxy groups -OCH3 is 1. The van der Waals surface area contributed by atoms with Crippen molar-refractivity contribution in [3.05, 3.63) is 28.2 Å². The average molecular weight is 328 g/mol. The molecule has 1 saturated carbocycles. The Morgan fingerprint density at radius 1 is 1.37 bits per heavy atom. The molecule has 0 saturated heterocycles. The van der Waals surface area contributed by atoms with Crippen LogP contribution in [0, 0.1) is 0 Å². The van der Waals surface area contributed by atoms with Crippen molar-refractivity contribution < 1.29 is 9.84 Å². The molecule has 0 unspecified atom stereocenters. The fourth-order valence-electron chi connectivity index (χ4n) is 2.83. The van der Waals surface area contributed by atoms with Gasteiger partial charge in [-0.15, -0.1) is 0 Å². The molecule has 0 aliphatic heterocycles. The third-order valence-electron chi connectivity index (χ3n) is 3.83. The van der Waals surface area contributed by atoms with Gasteiger partial charge in [0.2, 0.25) is 0 Å². The van der Waals surface area contributed by atoms with Crippen molar-refractivity contribution in [2.45, 2.75) is 38.3 Å². The zero-order chi connectivity index (χ0) is 13.7. The minimum atomic E-state index is 0.230. The van der Waals surface area contributed by atoms with Gasteiger partial charge in [0.05, 0.1) is 18.2 Å². The number of halogens is 1. The standard InChI is InChI=1S/C15H22BrNO2/c1-19-15-7-6-12(10-14(15)16)11-17(8-9-18)13-4-2-3-5-13/h6-7,10,13,18H,2-5,8-9,11H2,1H3. The van der Waals surface area contributed by atoms with E-state index in [9.17, 15) is 5.11 Å². The van der Waals surface area contributed by atoms with Gasteiger partial charge in [0.15, 0.2) is 0 Å². The van der Waals surface area contributed by atoms with E-state index < -0.39 is 0 Å². The Morgan fingerprint density at radius 2 is 2.11 bits per heavy atom. The molecule has 1 fully saturated rings. The van der Waals surface area contributed by atoms with E-state index in [2.05, 4.69) is 33.0 Å². The van der Waals surface area contributed by atoms with Crippen LogP contribution in [0.5, 0.6) is 5.75 Å². The molecule has 0 aromatic heterocycles. The Morgan fingerprint density at radius 3 is 2.68 bits per heavy atom. The van der Waals surface area contributed by atoms with Crippen molar-refractivity contribution >= 4 is 15.9 Å². The normalized spacial score (nSPS) is 16.2. The highest BCUT2D eigenvalue weighted by atomic mass is 79.9. The quantitative estimate of drug-likeness (QED) is 0.870. The largest absolute Gasteiger partial charge is 0.496 e. The highest BCUT2D eigenvalue weighted by Crippen LogP contribution is 2.28. The zero-order valence-corrected chi connectivity index (χ0v) is 13.0. The van der Waals surface area contributed by atoms with E-state index in [1.54, 1.807) is 7.11 Å². The minimum Gasteiger partial charge on any atom is -0.496 e. The van der Waals surface area contributed by atoms with Crippen molar-refractivity contribution in [2.75, 3.05) is 20.3 Å². The summed E-state index contributed by atoms with van der Waals surface area (Å²) in [5, 5.41) is 9.24. The van der Waals surface area contributed by atoms with Crippen molar-refractivity contribution in [1.82, 2.24) is 4.90 Å². The molecule has 1 aliphatic carbocycles. The van der Waals surface area contributed by atoms with Crippen LogP contribution in [0.1, 0.15) is 31.2 Å². The highest BCUT2D eigenvalue weighted by molar-refractivity contribution is 9.10. The Balaban J connectivity index is 2.05. The summed E-state index contributed by atoms with van der Waals surface area (Å²) < 4.78 is 6.24. The van der Waals surface area contributed by atoms with E-state index in [1.165, 1.54) is 31.2 Å². The SMILES string of the molecule is COc1ccc(CN(CCO)C2CCCC2)cc1Br. The molecule has 0 spiro atoms. The zero-order valence-electron chi connectivity index (χ0n) is 11.4. The summed E-state index contributed by atoms with van der Waals surface area (Å²) in [6.07, 6.45) is 5.16. The molecule has 0 radical (unpaired) electrons. The predicted molar refractivity (Wildman–Crippen MR) is 80.4 cm³/mol. The molecule has 19 heavy (non-hydrogen) atoms. The van der Waals surface area contributed by atoms with Gasteiger partial charge in [-0.1, -0.05) is 18.9 Å². The first-order valence-corrected chi connectivity index (χ1v) is 7.71. The maximum Gasteiger partial charge on any atom is 0.133 e. The van der Waals surface area contributed by atoms with Gasteiger partial charge in [0, 0.05) is 19.1 Å². The Bertz CT molecular complexity index is 405. The molecule has 106 valence electrons. The molecular formula is C15H22BrNO2. The molecule has 3 nitrogen and oxygen atoms in total. The lowest BCUT2D eigenvalue weighted by Crippen LogP contribution is -2.35. The molecule has 1 aliphatic rings. The number of hydrogen-bond donors (Lipinski definition) is 1. The second kappa shape index (κ2) is 7.27. The first-order chi connectivity index (χ1) is 9.24. The van der Waals surface area contributed by atoms with Crippen LogP contribution in [0.2, 0.25) is 0 Å². The van der Waals surface area contributed by atoms with Crippen LogP contribution in [0.25, 0.3) is 0 Å². The molecular weight excluding hydrogens is 306 g/mol. The lowest BCUT2D eigenvalue weighted by molar-refractivity contribution is 0.145. The number of hydrogen-bond acceptors (Lipinski definition) is 3. The van der Waals surface area contributed by atoms with Gasteiger partial charge in [-0.2, -0.15) is 0 Å². The van der Waals surface area contributed by atoms with E-state index >= 15 is 0 Å². The summed E-state index contributed by atoms with van der Waals surface area (Å²) in [6.45, 7) is 1.88. The number of nitrogens with zero attached hydrogens (tertiary/aromatic N) is 1. The lowest BCUT2D eigenvalue weighted by Gasteiger charge is -2.28. The van der Waals surface area contributed by atoms with Crippen LogP contribution in [0.15, 0.2) is 22.7 Å². The molecule has 2 rings (SSSR count). The van der Waals surface area contributed by atoms with Crippen LogP contribution in [-0.4, -0.2) is 36.3 Å². The topological polar surface area (TPSA) is 32.7 Å². The third-order valence-corrected chi connectivity index (χ3v) is 4.45. The van der Waals surface area contributed by atoms with Gasteiger partial charge < -0.3 is 9.84 Å². The summed E-state index contributed by atoms with van der Waals surface area (Å²) in [4.78, 5) is 2.40. The van der Waals surface area contributed by atoms with Crippen LogP contribution in [-0.2, 0) is 6.54 Å². The molecule has 0 bridgehead atoms. The van der Waals surface area contributed by atoms with Crippen LogP contribution < -0.4 is 4.74 Å². The van der Waals surface area contributed by atoms with E-state index in [1.807, 2.05) is 6.07 Å². The monoisotopic (exact) mass is 327 g/mol. The maximum absolute atomic E-state index is 9.24. The Hall–Kier alpha value is -0.580. The summed E-state index contributed by atoms with van der Waals surface area (Å²) in [6, 6.07) is 6.83. The lowest BCUT2D eigenvalue weighted by atomic mass is 10.1. The highest BCUT2D eigenvalue weighted by Gasteiger charge is 2.22. The predicted octanol–water partition coefficient (Wildman–Crippen LogP) is 3.19. The second-order valence-electron chi connectivity index (χ2n) is 5.10. The molecule has 0 atom stereocenters. The fourth-order valence-corrected chi connectivity index (χ4v) is 3.42. The fraction of sp³-hybridized carbons (Fsp3) is 0.600. The number of aliphatic hydroxyl groups excluding tert-OH is 1. The number of rotatable bonds is 6. The molecule has 1 aromatic carbocycles. The summed E-state index contributed by atoms with van der Waals surface area (Å²) >= 11 is 3.53. The van der Waals surface area contributed by atoms with Crippen molar-refractivity contribution in [2.24, 2.45) is 0 Å². The molecule has 1 aromatic rings. The number of ether oxygens (including phenoxy) is 1. The summed E-state index contributed by atoms with van der Waals surface area (Å²) in [5.74, 6) is 0.860. The van der Waals surface area contributed by atoms with Gasteiger partial charge in [-0.25, -0.2) is 0 Å². The van der Waals surface area contributed by atoms with Gasteiger partial charge in [0.1, 0.15) is 5.75 Å². The van der Waals surface area contributed by atoms with Crippen LogP contribution >= 0.6 is 15.9 Å². The van der Waals surface area contributed by atoms with E-state index in [-0.39, 0.29) is 6.61 Å². The third kappa shape index (κ3) is 3.94. The van der Waals surface area contributed by atoms with Gasteiger partial charge in [0.25, 0.3) is 0 Å². The number of benzene rings is 1. The maximum atomic E-state index is 9.24. The van der Waals surface area contributed by atoms with E-state index in [0.29, 0.717) is 6.04 Å². The summed E-state index contributed by atoms with van der Waals surface area (Å²) in [5.41, 5.74) is 1.26. The van der Waals surface area contributed by atoms with Gasteiger partial charge in [-0.05, 0) is 46.5 Å². The van der Waals surface area contributed by atoms with Crippen LogP contribution in [0.3, 0.4) is 0 Å². The smallest absolute Gasteiger partial charge is 0.133 e.